The summed E-state index contributed by atoms with van der Waals surface area (Å²) in [4.78, 5) is 0. The summed E-state index contributed by atoms with van der Waals surface area (Å²) in [6, 6.07) is 0. The minimum atomic E-state index is -1.31. The Labute approximate surface area is 242 Å². The number of rotatable bonds is 22. The molecule has 8 unspecified atom stereocenters. The summed E-state index contributed by atoms with van der Waals surface area (Å²) in [5.41, 5.74) is 0. The summed E-state index contributed by atoms with van der Waals surface area (Å²) in [6.07, 6.45) is -1.94. The maximum Gasteiger partial charge on any atom is 0.184 e. The summed E-state index contributed by atoms with van der Waals surface area (Å²) in [5.74, 6) is 0. The first-order valence-corrected chi connectivity index (χ1v) is 14.8. The number of aliphatic hydroxyl groups excluding tert-OH is 4. The Morgan fingerprint density at radius 3 is 1.98 bits per heavy atom. The molecule has 1 fully saturated rings. The van der Waals surface area contributed by atoms with Crippen molar-refractivity contribution in [2.24, 2.45) is 0 Å². The number of ether oxygens (including phenoxy) is 7. The molecule has 40 heavy (non-hydrogen) atoms. The van der Waals surface area contributed by atoms with E-state index >= 15 is 0 Å². The van der Waals surface area contributed by atoms with Gasteiger partial charge in [0, 0.05) is 13.0 Å². The Morgan fingerprint density at radius 1 is 0.850 bits per heavy atom. The molecule has 0 aromatic heterocycles. The van der Waals surface area contributed by atoms with Crippen molar-refractivity contribution < 1.29 is 53.6 Å². The van der Waals surface area contributed by atoms with Crippen molar-refractivity contribution >= 4 is 0 Å². The van der Waals surface area contributed by atoms with Gasteiger partial charge in [0.05, 0.1) is 77.3 Å². The van der Waals surface area contributed by atoms with Crippen LogP contribution in [0.3, 0.4) is 0 Å². The van der Waals surface area contributed by atoms with Gasteiger partial charge in [0.25, 0.3) is 0 Å². The van der Waals surface area contributed by atoms with E-state index in [4.69, 9.17) is 33.2 Å². The minimum Gasteiger partial charge on any atom is -0.390 e. The van der Waals surface area contributed by atoms with Gasteiger partial charge >= 0.3 is 0 Å². The lowest BCUT2D eigenvalue weighted by molar-refractivity contribution is -0.270. The topological polar surface area (TPSA) is 146 Å². The third kappa shape index (κ3) is 22.0. The molecule has 0 radical (unpaired) electrons. The Bertz CT molecular complexity index is 528. The molecule has 0 aliphatic carbocycles. The minimum absolute atomic E-state index is 0.104. The quantitative estimate of drug-likeness (QED) is 0.110. The molecule has 4 N–H and O–H groups in total. The van der Waals surface area contributed by atoms with E-state index in [2.05, 4.69) is 13.5 Å². The van der Waals surface area contributed by atoms with E-state index in [1.165, 1.54) is 0 Å². The van der Waals surface area contributed by atoms with Gasteiger partial charge in [-0.2, -0.15) is 0 Å². The molecule has 0 bridgehead atoms. The van der Waals surface area contributed by atoms with Crippen LogP contribution >= 0.6 is 0 Å². The van der Waals surface area contributed by atoms with Crippen LogP contribution in [0.15, 0.2) is 12.7 Å². The molecule has 1 rings (SSSR count). The molecule has 1 heterocycles. The second kappa shape index (κ2) is 28.4. The van der Waals surface area contributed by atoms with Crippen LogP contribution in [0.4, 0.5) is 0 Å². The smallest absolute Gasteiger partial charge is 0.184 e. The Hall–Kier alpha value is -0.700. The highest BCUT2D eigenvalue weighted by Gasteiger charge is 2.38. The van der Waals surface area contributed by atoms with Crippen LogP contribution in [-0.2, 0) is 33.2 Å². The summed E-state index contributed by atoms with van der Waals surface area (Å²) < 4.78 is 38.4. The third-order valence-electron chi connectivity index (χ3n) is 5.32. The van der Waals surface area contributed by atoms with Crippen molar-refractivity contribution in [1.29, 1.82) is 0 Å². The largest absolute Gasteiger partial charge is 0.390 e. The summed E-state index contributed by atoms with van der Waals surface area (Å²) in [5, 5.41) is 40.4. The third-order valence-corrected chi connectivity index (χ3v) is 5.32. The molecule has 0 amide bonds. The zero-order valence-electron chi connectivity index (χ0n) is 26.0. The van der Waals surface area contributed by atoms with Gasteiger partial charge in [-0.05, 0) is 20.3 Å². The summed E-state index contributed by atoms with van der Waals surface area (Å²) in [6.45, 7) is 19.3. The first-order valence-electron chi connectivity index (χ1n) is 14.8. The molecule has 1 saturated heterocycles. The first-order chi connectivity index (χ1) is 19.3. The molecule has 11 nitrogen and oxygen atoms in total. The molecule has 1 aliphatic rings. The fraction of sp³-hybridized carbons (Fsp3) is 0.931. The van der Waals surface area contributed by atoms with Crippen molar-refractivity contribution in [3.05, 3.63) is 12.7 Å². The SMILES string of the molecule is C=CCOCC(O)COC(C)COCC1CC(O)C(OCC(C)OCC(O)COCCCC)C(O)O1.CC.CC. The average Bonchev–Trinajstić information content (AvgIpc) is 2.95. The molecule has 11 heteroatoms. The number of aliphatic hydroxyl groups is 4. The van der Waals surface area contributed by atoms with Gasteiger partial charge < -0.3 is 53.6 Å². The highest BCUT2D eigenvalue weighted by atomic mass is 16.7. The van der Waals surface area contributed by atoms with E-state index in [0.29, 0.717) is 13.2 Å². The van der Waals surface area contributed by atoms with Crippen LogP contribution in [0.1, 0.15) is 67.7 Å². The Balaban J connectivity index is 0. The van der Waals surface area contributed by atoms with Crippen molar-refractivity contribution in [3.63, 3.8) is 0 Å². The van der Waals surface area contributed by atoms with Crippen molar-refractivity contribution in [2.45, 2.75) is 117 Å². The van der Waals surface area contributed by atoms with Crippen molar-refractivity contribution in [3.8, 4) is 0 Å². The Morgan fingerprint density at radius 2 is 1.43 bits per heavy atom. The lowest BCUT2D eigenvalue weighted by Crippen LogP contribution is -2.51. The fourth-order valence-corrected chi connectivity index (χ4v) is 3.33. The van der Waals surface area contributed by atoms with Gasteiger partial charge in [0.1, 0.15) is 18.3 Å². The van der Waals surface area contributed by atoms with Gasteiger partial charge in [-0.15, -0.1) is 6.58 Å². The lowest BCUT2D eigenvalue weighted by atomic mass is 10.0. The van der Waals surface area contributed by atoms with Crippen molar-refractivity contribution in [2.75, 3.05) is 59.5 Å². The van der Waals surface area contributed by atoms with Gasteiger partial charge in [0.2, 0.25) is 0 Å². The predicted molar refractivity (Wildman–Crippen MR) is 154 cm³/mol. The fourth-order valence-electron chi connectivity index (χ4n) is 3.33. The van der Waals surface area contributed by atoms with Crippen LogP contribution in [0.25, 0.3) is 0 Å². The van der Waals surface area contributed by atoms with E-state index in [9.17, 15) is 20.4 Å². The van der Waals surface area contributed by atoms with E-state index in [1.54, 1.807) is 13.0 Å². The number of hydrogen-bond donors (Lipinski definition) is 4. The van der Waals surface area contributed by atoms with Crippen molar-refractivity contribution in [1.82, 2.24) is 0 Å². The van der Waals surface area contributed by atoms with Gasteiger partial charge in [0.15, 0.2) is 6.29 Å². The highest BCUT2D eigenvalue weighted by molar-refractivity contribution is 4.82. The zero-order valence-corrected chi connectivity index (χ0v) is 26.0. The lowest BCUT2D eigenvalue weighted by Gasteiger charge is -2.37. The monoisotopic (exact) mass is 584 g/mol. The molecule has 0 saturated carbocycles. The summed E-state index contributed by atoms with van der Waals surface area (Å²) >= 11 is 0. The number of hydrogen-bond acceptors (Lipinski definition) is 11. The maximum atomic E-state index is 10.4. The molecule has 0 spiro atoms. The van der Waals surface area contributed by atoms with Gasteiger partial charge in [-0.3, -0.25) is 0 Å². The highest BCUT2D eigenvalue weighted by Crippen LogP contribution is 2.22. The molecular weight excluding hydrogens is 524 g/mol. The molecule has 1 aliphatic heterocycles. The van der Waals surface area contributed by atoms with E-state index in [0.717, 1.165) is 12.8 Å². The van der Waals surface area contributed by atoms with Gasteiger partial charge in [-0.25, -0.2) is 0 Å². The van der Waals surface area contributed by atoms with E-state index in [1.807, 2.05) is 34.6 Å². The predicted octanol–water partition coefficient (Wildman–Crippen LogP) is 2.46. The summed E-state index contributed by atoms with van der Waals surface area (Å²) in [7, 11) is 0. The van der Waals surface area contributed by atoms with Crippen LogP contribution in [0, 0.1) is 0 Å². The molecular formula is C29H60O11. The van der Waals surface area contributed by atoms with E-state index in [-0.39, 0.29) is 64.9 Å². The Kier molecular flexibility index (Phi) is 29.4. The van der Waals surface area contributed by atoms with E-state index < -0.39 is 36.8 Å². The zero-order chi connectivity index (χ0) is 30.8. The first kappa shape index (κ1) is 41.4. The second-order valence-corrected chi connectivity index (χ2v) is 9.14. The molecule has 8 atom stereocenters. The molecule has 0 aromatic carbocycles. The second-order valence-electron chi connectivity index (χ2n) is 9.14. The van der Waals surface area contributed by atoms with Crippen LogP contribution in [0.2, 0.25) is 0 Å². The number of unbranched alkanes of at least 4 members (excludes halogenated alkanes) is 1. The van der Waals surface area contributed by atoms with Crippen LogP contribution in [-0.4, -0.2) is 129 Å². The van der Waals surface area contributed by atoms with Crippen LogP contribution in [0.5, 0.6) is 0 Å². The molecule has 242 valence electrons. The normalized spacial score (nSPS) is 23.6. The molecule has 0 aromatic rings. The van der Waals surface area contributed by atoms with Gasteiger partial charge in [-0.1, -0.05) is 47.1 Å². The standard InChI is InChI=1S/C25H48O11.2C2H6/c1-5-7-9-31-14-21(27)16-34-19(4)12-35-24-23(28)10-22(36-25(24)29)17-32-11-18(3)33-15-20(26)13-30-8-6-2;2*1-2/h6,18-29H,2,5,7-17H2,1,3-4H3;2*1-2H3. The maximum absolute atomic E-state index is 10.4. The van der Waals surface area contributed by atoms with Crippen LogP contribution < -0.4 is 0 Å². The average molecular weight is 585 g/mol.